The van der Waals surface area contributed by atoms with E-state index in [9.17, 15) is 4.79 Å². The zero-order chi connectivity index (χ0) is 11.7. The molecule has 0 bridgehead atoms. The molecule has 0 atom stereocenters. The Balaban J connectivity index is 2.60. The molecular formula is C11H11NO3S. The monoisotopic (exact) mass is 237 g/mol. The summed E-state index contributed by atoms with van der Waals surface area (Å²) in [5.74, 6) is -0.312. The molecule has 4 nitrogen and oxygen atoms in total. The van der Waals surface area contributed by atoms with Crippen molar-refractivity contribution < 1.29 is 15.1 Å². The van der Waals surface area contributed by atoms with E-state index in [0.717, 1.165) is 16.0 Å². The van der Waals surface area contributed by atoms with Crippen molar-refractivity contribution in [3.05, 3.63) is 28.8 Å². The summed E-state index contributed by atoms with van der Waals surface area (Å²) in [4.78, 5) is 11.9. The van der Waals surface area contributed by atoms with Crippen molar-refractivity contribution in [3.8, 4) is 0 Å². The molecule has 0 amide bonds. The number of rotatable bonds is 2. The number of thioether (sulfide) groups is 1. The number of carbonyl (C=O) groups is 1. The van der Waals surface area contributed by atoms with Gasteiger partial charge in [0.1, 0.15) is 0 Å². The number of aryl methyl sites for hydroxylation is 1. The lowest BCUT2D eigenvalue weighted by Gasteiger charge is -2.06. The number of oxime groups is 1. The third-order valence-electron chi connectivity index (χ3n) is 2.61. The molecule has 0 saturated carbocycles. The molecule has 1 aromatic carbocycles. The Bertz CT molecular complexity index is 482. The first kappa shape index (κ1) is 11.0. The third-order valence-corrected chi connectivity index (χ3v) is 3.68. The molecular weight excluding hydrogens is 226 g/mol. The van der Waals surface area contributed by atoms with Crippen molar-refractivity contribution >= 4 is 23.4 Å². The normalized spacial score (nSPS) is 16.4. The number of fused-ring (bicyclic) bond motifs is 1. The molecule has 2 rings (SSSR count). The van der Waals surface area contributed by atoms with Gasteiger partial charge in [-0.1, -0.05) is 12.1 Å². The van der Waals surface area contributed by atoms with Crippen molar-refractivity contribution in [3.63, 3.8) is 0 Å². The highest BCUT2D eigenvalue weighted by Crippen LogP contribution is 2.34. The van der Waals surface area contributed by atoms with E-state index >= 15 is 0 Å². The Morgan fingerprint density at radius 2 is 2.31 bits per heavy atom. The molecule has 0 aliphatic carbocycles. The van der Waals surface area contributed by atoms with Crippen LogP contribution >= 0.6 is 11.8 Å². The summed E-state index contributed by atoms with van der Waals surface area (Å²) in [5.41, 5.74) is 2.59. The van der Waals surface area contributed by atoms with Crippen LogP contribution in [0.4, 0.5) is 0 Å². The van der Waals surface area contributed by atoms with Crippen LogP contribution in [-0.4, -0.2) is 27.7 Å². The molecule has 0 fully saturated rings. The van der Waals surface area contributed by atoms with Crippen molar-refractivity contribution in [1.82, 2.24) is 0 Å². The molecule has 0 saturated heterocycles. The minimum absolute atomic E-state index is 0.341. The second kappa shape index (κ2) is 4.17. The van der Waals surface area contributed by atoms with Gasteiger partial charge in [0, 0.05) is 16.2 Å². The van der Waals surface area contributed by atoms with E-state index in [1.54, 1.807) is 6.07 Å². The summed E-state index contributed by atoms with van der Waals surface area (Å²) in [6.45, 7) is 1.91. The second-order valence-corrected chi connectivity index (χ2v) is 4.52. The molecule has 1 aromatic rings. The SMILES string of the molecule is CCc1cc2c(cc1C(=O)O)SCC2=NO. The first-order chi connectivity index (χ1) is 7.67. The summed E-state index contributed by atoms with van der Waals surface area (Å²) in [5, 5.41) is 21.1. The predicted octanol–water partition coefficient (Wildman–Crippen LogP) is 2.23. The van der Waals surface area contributed by atoms with Gasteiger partial charge in [0.15, 0.2) is 0 Å². The summed E-state index contributed by atoms with van der Waals surface area (Å²) in [6, 6.07) is 3.48. The number of aromatic carboxylic acids is 1. The summed E-state index contributed by atoms with van der Waals surface area (Å²) in [6.07, 6.45) is 0.651. The van der Waals surface area contributed by atoms with Gasteiger partial charge >= 0.3 is 5.97 Å². The minimum atomic E-state index is -0.908. The van der Waals surface area contributed by atoms with Gasteiger partial charge in [0.05, 0.1) is 11.3 Å². The summed E-state index contributed by atoms with van der Waals surface area (Å²) in [7, 11) is 0. The van der Waals surface area contributed by atoms with Crippen LogP contribution in [0.2, 0.25) is 0 Å². The highest BCUT2D eigenvalue weighted by molar-refractivity contribution is 8.00. The molecule has 2 N–H and O–H groups in total. The van der Waals surface area contributed by atoms with Gasteiger partial charge < -0.3 is 10.3 Å². The van der Waals surface area contributed by atoms with Gasteiger partial charge in [-0.05, 0) is 24.1 Å². The Kier molecular flexibility index (Phi) is 2.87. The Labute approximate surface area is 97.0 Å². The zero-order valence-electron chi connectivity index (χ0n) is 8.73. The maximum absolute atomic E-state index is 11.0. The van der Waals surface area contributed by atoms with Crippen LogP contribution in [0.5, 0.6) is 0 Å². The average molecular weight is 237 g/mol. The number of carboxylic acids is 1. The van der Waals surface area contributed by atoms with Gasteiger partial charge in [-0.25, -0.2) is 4.79 Å². The Hall–Kier alpha value is -1.49. The van der Waals surface area contributed by atoms with Gasteiger partial charge in [0.25, 0.3) is 0 Å². The van der Waals surface area contributed by atoms with Crippen LogP contribution in [0.1, 0.15) is 28.4 Å². The number of hydrogen-bond donors (Lipinski definition) is 2. The highest BCUT2D eigenvalue weighted by atomic mass is 32.2. The first-order valence-electron chi connectivity index (χ1n) is 4.91. The standard InChI is InChI=1S/C11H11NO3S/c1-2-6-3-8-9(12-15)5-16-10(8)4-7(6)11(13)14/h3-4,15H,2,5H2,1H3,(H,13,14). The predicted molar refractivity (Wildman–Crippen MR) is 61.8 cm³/mol. The third kappa shape index (κ3) is 1.67. The fraction of sp³-hybridized carbons (Fsp3) is 0.273. The van der Waals surface area contributed by atoms with Gasteiger partial charge in [0.2, 0.25) is 0 Å². The minimum Gasteiger partial charge on any atom is -0.478 e. The number of hydrogen-bond acceptors (Lipinski definition) is 4. The quantitative estimate of drug-likeness (QED) is 0.611. The van der Waals surface area contributed by atoms with Gasteiger partial charge in [-0.2, -0.15) is 0 Å². The lowest BCUT2D eigenvalue weighted by atomic mass is 10.00. The molecule has 0 unspecified atom stereocenters. The fourth-order valence-corrected chi connectivity index (χ4v) is 2.81. The maximum Gasteiger partial charge on any atom is 0.336 e. The van der Waals surface area contributed by atoms with Crippen molar-refractivity contribution in [2.75, 3.05) is 5.75 Å². The summed E-state index contributed by atoms with van der Waals surface area (Å²) < 4.78 is 0. The maximum atomic E-state index is 11.0. The molecule has 1 aliphatic heterocycles. The van der Waals surface area contributed by atoms with Gasteiger partial charge in [-0.3, -0.25) is 0 Å². The highest BCUT2D eigenvalue weighted by Gasteiger charge is 2.22. The lowest BCUT2D eigenvalue weighted by molar-refractivity contribution is 0.0695. The van der Waals surface area contributed by atoms with Crippen LogP contribution < -0.4 is 0 Å². The summed E-state index contributed by atoms with van der Waals surface area (Å²) >= 11 is 1.50. The van der Waals surface area contributed by atoms with Crippen molar-refractivity contribution in [2.24, 2.45) is 5.16 Å². The fourth-order valence-electron chi connectivity index (χ4n) is 1.77. The first-order valence-corrected chi connectivity index (χ1v) is 5.90. The van der Waals surface area contributed by atoms with Crippen LogP contribution in [0.3, 0.4) is 0 Å². The Morgan fingerprint density at radius 3 is 2.88 bits per heavy atom. The molecule has 0 aromatic heterocycles. The molecule has 5 heteroatoms. The zero-order valence-corrected chi connectivity index (χ0v) is 9.54. The largest absolute Gasteiger partial charge is 0.478 e. The van der Waals surface area contributed by atoms with Crippen LogP contribution in [0, 0.1) is 0 Å². The molecule has 1 aliphatic rings. The van der Waals surface area contributed by atoms with E-state index in [4.69, 9.17) is 10.3 Å². The molecule has 0 radical (unpaired) electrons. The van der Waals surface area contributed by atoms with E-state index in [-0.39, 0.29) is 0 Å². The molecule has 0 spiro atoms. The molecule has 84 valence electrons. The second-order valence-electron chi connectivity index (χ2n) is 3.50. The van der Waals surface area contributed by atoms with Crippen LogP contribution in [0.15, 0.2) is 22.2 Å². The average Bonchev–Trinajstić information content (AvgIpc) is 2.68. The molecule has 16 heavy (non-hydrogen) atoms. The Morgan fingerprint density at radius 1 is 1.56 bits per heavy atom. The number of nitrogens with zero attached hydrogens (tertiary/aromatic N) is 1. The number of benzene rings is 1. The van der Waals surface area contributed by atoms with Crippen molar-refractivity contribution in [1.29, 1.82) is 0 Å². The van der Waals surface area contributed by atoms with E-state index in [0.29, 0.717) is 23.4 Å². The van der Waals surface area contributed by atoms with Crippen LogP contribution in [0.25, 0.3) is 0 Å². The van der Waals surface area contributed by atoms with Crippen molar-refractivity contribution in [2.45, 2.75) is 18.2 Å². The smallest absolute Gasteiger partial charge is 0.336 e. The topological polar surface area (TPSA) is 69.9 Å². The number of carboxylic acid groups (broad SMARTS) is 1. The van der Waals surface area contributed by atoms with E-state index in [1.165, 1.54) is 11.8 Å². The van der Waals surface area contributed by atoms with E-state index in [2.05, 4.69) is 5.16 Å². The van der Waals surface area contributed by atoms with Gasteiger partial charge in [-0.15, -0.1) is 11.8 Å². The molecule has 1 heterocycles. The lowest BCUT2D eigenvalue weighted by Crippen LogP contribution is -2.05. The van der Waals surface area contributed by atoms with E-state index < -0.39 is 5.97 Å². The van der Waals surface area contributed by atoms with E-state index in [1.807, 2.05) is 13.0 Å². The van der Waals surface area contributed by atoms with Crippen LogP contribution in [-0.2, 0) is 6.42 Å².